The maximum absolute atomic E-state index is 12.6. The highest BCUT2D eigenvalue weighted by molar-refractivity contribution is 7.99. The largest absolute Gasteiger partial charge is 0.379 e. The Balaban J connectivity index is 1.54. The molecule has 0 saturated carbocycles. The maximum Gasteiger partial charge on any atom is 0.244 e. The van der Waals surface area contributed by atoms with Gasteiger partial charge in [-0.1, -0.05) is 37.7 Å². The molecule has 0 spiro atoms. The summed E-state index contributed by atoms with van der Waals surface area (Å²) in [7, 11) is -3.58. The molecule has 2 aromatic heterocycles. The van der Waals surface area contributed by atoms with Crippen LogP contribution in [0.4, 0.5) is 5.88 Å². The Labute approximate surface area is 174 Å². The van der Waals surface area contributed by atoms with Gasteiger partial charge in [-0.25, -0.2) is 13.4 Å². The summed E-state index contributed by atoms with van der Waals surface area (Å²) < 4.78 is 36.9. The fourth-order valence-corrected chi connectivity index (χ4v) is 4.54. The topological polar surface area (TPSA) is 115 Å². The number of nitrogens with zero attached hydrogens (tertiary/aromatic N) is 3. The van der Waals surface area contributed by atoms with Crippen molar-refractivity contribution in [2.75, 3.05) is 37.4 Å². The number of ether oxygens (including phenoxy) is 1. The first kappa shape index (κ1) is 21.8. The van der Waals surface area contributed by atoms with E-state index < -0.39 is 10.0 Å². The van der Waals surface area contributed by atoms with Gasteiger partial charge < -0.3 is 9.26 Å². The van der Waals surface area contributed by atoms with Gasteiger partial charge in [0.2, 0.25) is 21.8 Å². The van der Waals surface area contributed by atoms with Crippen LogP contribution in [0.1, 0.15) is 26.5 Å². The Morgan fingerprint density at radius 3 is 2.59 bits per heavy atom. The van der Waals surface area contributed by atoms with Crippen LogP contribution in [0.3, 0.4) is 0 Å². The zero-order chi connectivity index (χ0) is 21.1. The number of anilines is 1. The van der Waals surface area contributed by atoms with E-state index in [1.54, 1.807) is 12.1 Å². The predicted octanol–water partition coefficient (Wildman–Crippen LogP) is 2.12. The van der Waals surface area contributed by atoms with Crippen LogP contribution in [0, 0.1) is 0 Å². The van der Waals surface area contributed by atoms with Crippen molar-refractivity contribution < 1.29 is 22.5 Å². The number of hydrogen-bond donors (Lipinski definition) is 1. The summed E-state index contributed by atoms with van der Waals surface area (Å²) in [5.41, 5.74) is 0.577. The van der Waals surface area contributed by atoms with E-state index in [0.717, 1.165) is 5.69 Å². The minimum Gasteiger partial charge on any atom is -0.379 e. The molecule has 1 aliphatic heterocycles. The van der Waals surface area contributed by atoms with Gasteiger partial charge in [-0.05, 0) is 12.1 Å². The van der Waals surface area contributed by atoms with Crippen LogP contribution >= 0.6 is 11.8 Å². The van der Waals surface area contributed by atoms with E-state index in [9.17, 15) is 13.2 Å². The van der Waals surface area contributed by atoms with Gasteiger partial charge in [0, 0.05) is 30.8 Å². The zero-order valence-corrected chi connectivity index (χ0v) is 18.2. The molecular weight excluding hydrogens is 416 g/mol. The molecule has 11 heteroatoms. The molecule has 0 aromatic carbocycles. The number of carbonyl (C=O) groups is 1. The molecule has 0 aliphatic carbocycles. The van der Waals surface area contributed by atoms with E-state index in [1.165, 1.54) is 28.3 Å². The predicted molar refractivity (Wildman–Crippen MR) is 108 cm³/mol. The lowest BCUT2D eigenvalue weighted by atomic mass is 9.92. The summed E-state index contributed by atoms with van der Waals surface area (Å²) in [6, 6.07) is 4.80. The summed E-state index contributed by atoms with van der Waals surface area (Å²) in [5.74, 6) is 0.132. The smallest absolute Gasteiger partial charge is 0.244 e. The number of thioether (sulfide) groups is 1. The van der Waals surface area contributed by atoms with E-state index in [0.29, 0.717) is 37.2 Å². The molecule has 29 heavy (non-hydrogen) atoms. The number of aromatic nitrogens is 2. The van der Waals surface area contributed by atoms with E-state index in [-0.39, 0.29) is 22.0 Å². The molecule has 0 atom stereocenters. The van der Waals surface area contributed by atoms with Crippen molar-refractivity contribution in [1.29, 1.82) is 0 Å². The number of hydrogen-bond acceptors (Lipinski definition) is 8. The fourth-order valence-electron chi connectivity index (χ4n) is 2.54. The highest BCUT2D eigenvalue weighted by Crippen LogP contribution is 2.24. The number of morpholine rings is 1. The minimum atomic E-state index is -3.58. The van der Waals surface area contributed by atoms with Crippen LogP contribution in [0.25, 0.3) is 0 Å². The molecule has 9 nitrogen and oxygen atoms in total. The number of pyridine rings is 1. The molecule has 3 rings (SSSR count). The highest BCUT2D eigenvalue weighted by Gasteiger charge is 2.26. The van der Waals surface area contributed by atoms with Crippen LogP contribution < -0.4 is 5.32 Å². The van der Waals surface area contributed by atoms with Crippen molar-refractivity contribution in [2.45, 2.75) is 36.1 Å². The quantitative estimate of drug-likeness (QED) is 0.680. The molecule has 3 heterocycles. The van der Waals surface area contributed by atoms with E-state index in [2.05, 4.69) is 15.5 Å². The summed E-state index contributed by atoms with van der Waals surface area (Å²) in [6.45, 7) is 7.44. The molecule has 158 valence electrons. The third-order valence-electron chi connectivity index (χ3n) is 4.21. The molecule has 1 saturated heterocycles. The van der Waals surface area contributed by atoms with E-state index in [4.69, 9.17) is 9.26 Å². The lowest BCUT2D eigenvalue weighted by Crippen LogP contribution is -2.40. The molecule has 2 aromatic rings. The Morgan fingerprint density at radius 2 is 2.00 bits per heavy atom. The van der Waals surface area contributed by atoms with Crippen molar-refractivity contribution in [3.8, 4) is 0 Å². The number of amides is 1. The van der Waals surface area contributed by atoms with E-state index >= 15 is 0 Å². The number of carbonyl (C=O) groups excluding carboxylic acids is 1. The molecule has 0 unspecified atom stereocenters. The van der Waals surface area contributed by atoms with Crippen molar-refractivity contribution in [3.63, 3.8) is 0 Å². The third kappa shape index (κ3) is 5.56. The van der Waals surface area contributed by atoms with Crippen LogP contribution in [0.2, 0.25) is 0 Å². The molecule has 0 radical (unpaired) electrons. The van der Waals surface area contributed by atoms with Gasteiger partial charge in [0.25, 0.3) is 0 Å². The maximum atomic E-state index is 12.6. The summed E-state index contributed by atoms with van der Waals surface area (Å²) in [5, 5.41) is 7.15. The summed E-state index contributed by atoms with van der Waals surface area (Å²) in [4.78, 5) is 16.4. The average molecular weight is 441 g/mol. The normalized spacial score (nSPS) is 16.0. The zero-order valence-electron chi connectivity index (χ0n) is 16.5. The van der Waals surface area contributed by atoms with Gasteiger partial charge in [-0.3, -0.25) is 10.1 Å². The number of rotatable bonds is 6. The van der Waals surface area contributed by atoms with Crippen LogP contribution in [0.5, 0.6) is 0 Å². The van der Waals surface area contributed by atoms with Gasteiger partial charge in [-0.2, -0.15) is 4.31 Å². The summed E-state index contributed by atoms with van der Waals surface area (Å²) >= 11 is 1.20. The Kier molecular flexibility index (Phi) is 6.62. The van der Waals surface area contributed by atoms with Crippen molar-refractivity contribution in [3.05, 3.63) is 30.1 Å². The van der Waals surface area contributed by atoms with E-state index in [1.807, 2.05) is 20.8 Å². The van der Waals surface area contributed by atoms with Crippen molar-refractivity contribution in [1.82, 2.24) is 14.4 Å². The van der Waals surface area contributed by atoms with Gasteiger partial charge in [0.15, 0.2) is 0 Å². The Hall–Kier alpha value is -1.95. The van der Waals surface area contributed by atoms with Crippen LogP contribution in [-0.2, 0) is 25.0 Å². The second-order valence-corrected chi connectivity index (χ2v) is 10.4. The summed E-state index contributed by atoms with van der Waals surface area (Å²) in [6.07, 6.45) is 1.32. The SMILES string of the molecule is CC(C)(C)c1cc(NC(=O)CSc2ccc(S(=O)(=O)N3CCOCC3)cn2)on1. The first-order chi connectivity index (χ1) is 13.7. The standard InChI is InChI=1S/C18H24N4O5S2/c1-18(2,3)14-10-16(27-21-14)20-15(23)12-28-17-5-4-13(11-19-17)29(24,25)22-6-8-26-9-7-22/h4-5,10-11H,6-9,12H2,1-3H3,(H,20,23). The highest BCUT2D eigenvalue weighted by atomic mass is 32.2. The fraction of sp³-hybridized carbons (Fsp3) is 0.500. The second-order valence-electron chi connectivity index (χ2n) is 7.51. The number of nitrogens with one attached hydrogen (secondary N) is 1. The Morgan fingerprint density at radius 1 is 1.28 bits per heavy atom. The van der Waals surface area contributed by atoms with Crippen molar-refractivity contribution in [2.24, 2.45) is 0 Å². The molecule has 1 amide bonds. The van der Waals surface area contributed by atoms with Gasteiger partial charge in [-0.15, -0.1) is 0 Å². The van der Waals surface area contributed by atoms with Crippen LogP contribution in [0.15, 0.2) is 38.8 Å². The van der Waals surface area contributed by atoms with Gasteiger partial charge in [0.05, 0.1) is 29.7 Å². The molecule has 0 bridgehead atoms. The number of sulfonamides is 1. The first-order valence-electron chi connectivity index (χ1n) is 9.10. The molecule has 1 aliphatic rings. The lowest BCUT2D eigenvalue weighted by Gasteiger charge is -2.25. The molecule has 1 N–H and O–H groups in total. The molecular formula is C18H24N4O5S2. The van der Waals surface area contributed by atoms with Gasteiger partial charge in [0.1, 0.15) is 4.90 Å². The lowest BCUT2D eigenvalue weighted by molar-refractivity contribution is -0.113. The first-order valence-corrected chi connectivity index (χ1v) is 11.5. The monoisotopic (exact) mass is 440 g/mol. The van der Waals surface area contributed by atoms with Gasteiger partial charge >= 0.3 is 0 Å². The van der Waals surface area contributed by atoms with Crippen LogP contribution in [-0.4, -0.2) is 60.8 Å². The molecule has 1 fully saturated rings. The average Bonchev–Trinajstić information content (AvgIpc) is 3.16. The minimum absolute atomic E-state index is 0.105. The third-order valence-corrected chi connectivity index (χ3v) is 7.04. The van der Waals surface area contributed by atoms with Crippen molar-refractivity contribution >= 4 is 33.6 Å². The second kappa shape index (κ2) is 8.82. The Bertz CT molecular complexity index is 945.